The molecule has 1 aliphatic rings. The van der Waals surface area contributed by atoms with E-state index in [9.17, 15) is 14.0 Å². The van der Waals surface area contributed by atoms with Crippen molar-refractivity contribution in [3.8, 4) is 5.75 Å². The van der Waals surface area contributed by atoms with Crippen LogP contribution in [0.2, 0.25) is 5.02 Å². The normalized spacial score (nSPS) is 14.3. The molecule has 9 heteroatoms. The molecular formula is C25H19ClFN3O3S. The number of amides is 2. The average Bonchev–Trinajstić information content (AvgIpc) is 3.14. The minimum atomic E-state index is -0.420. The highest BCUT2D eigenvalue weighted by Crippen LogP contribution is 2.31. The van der Waals surface area contributed by atoms with Crippen molar-refractivity contribution in [1.82, 2.24) is 0 Å². The van der Waals surface area contributed by atoms with E-state index in [-0.39, 0.29) is 23.3 Å². The zero-order valence-corrected chi connectivity index (χ0v) is 19.6. The Morgan fingerprint density at radius 2 is 1.88 bits per heavy atom. The summed E-state index contributed by atoms with van der Waals surface area (Å²) in [5.41, 5.74) is 1.91. The lowest BCUT2D eigenvalue weighted by atomic mass is 10.2. The molecule has 0 aromatic heterocycles. The maximum atomic E-state index is 13.5. The second kappa shape index (κ2) is 10.5. The van der Waals surface area contributed by atoms with Crippen molar-refractivity contribution in [2.24, 2.45) is 4.99 Å². The number of hydrogen-bond acceptors (Lipinski definition) is 5. The molecule has 3 aromatic rings. The highest BCUT2D eigenvalue weighted by molar-refractivity contribution is 8.14. The fourth-order valence-corrected chi connectivity index (χ4v) is 4.20. The highest BCUT2D eigenvalue weighted by atomic mass is 35.5. The molecule has 3 aromatic carbocycles. The molecule has 4 rings (SSSR count). The van der Waals surface area contributed by atoms with E-state index in [0.717, 1.165) is 17.3 Å². The van der Waals surface area contributed by atoms with Gasteiger partial charge in [-0.05, 0) is 54.1 Å². The number of nitrogens with zero attached hydrogens (tertiary/aromatic N) is 2. The first kappa shape index (κ1) is 23.5. The number of ether oxygens (including phenoxy) is 1. The van der Waals surface area contributed by atoms with Crippen LogP contribution in [0.3, 0.4) is 0 Å². The van der Waals surface area contributed by atoms with Gasteiger partial charge in [0.1, 0.15) is 17.3 Å². The number of thioether (sulfide) groups is 1. The third-order valence-electron chi connectivity index (χ3n) is 4.79. The number of benzene rings is 3. The van der Waals surface area contributed by atoms with Gasteiger partial charge in [0.25, 0.3) is 5.91 Å². The third-order valence-corrected chi connectivity index (χ3v) is 5.96. The second-order valence-electron chi connectivity index (χ2n) is 7.13. The van der Waals surface area contributed by atoms with Gasteiger partial charge in [0, 0.05) is 5.02 Å². The molecule has 0 saturated heterocycles. The van der Waals surface area contributed by atoms with Gasteiger partial charge < -0.3 is 10.1 Å². The van der Waals surface area contributed by atoms with E-state index in [0.29, 0.717) is 27.3 Å². The Labute approximate surface area is 205 Å². The van der Waals surface area contributed by atoms with Gasteiger partial charge in [-0.25, -0.2) is 9.38 Å². The number of methoxy groups -OCH3 is 1. The van der Waals surface area contributed by atoms with Gasteiger partial charge in [0.2, 0.25) is 5.91 Å². The average molecular weight is 496 g/mol. The summed E-state index contributed by atoms with van der Waals surface area (Å²) in [6.07, 6.45) is 1.67. The van der Waals surface area contributed by atoms with E-state index in [4.69, 9.17) is 16.3 Å². The predicted molar refractivity (Wildman–Crippen MR) is 135 cm³/mol. The molecule has 0 saturated carbocycles. The first-order valence-electron chi connectivity index (χ1n) is 10.2. The molecule has 0 atom stereocenters. The van der Waals surface area contributed by atoms with Gasteiger partial charge in [0.05, 0.1) is 24.2 Å². The van der Waals surface area contributed by atoms with Crippen LogP contribution >= 0.6 is 23.4 Å². The van der Waals surface area contributed by atoms with Crippen molar-refractivity contribution in [1.29, 1.82) is 0 Å². The van der Waals surface area contributed by atoms with Crippen molar-refractivity contribution in [3.63, 3.8) is 0 Å². The quantitative estimate of drug-likeness (QED) is 0.452. The summed E-state index contributed by atoms with van der Waals surface area (Å²) in [6, 6.07) is 19.7. The summed E-state index contributed by atoms with van der Waals surface area (Å²) >= 11 is 7.12. The number of aliphatic imine (C=N–C) groups is 1. The van der Waals surface area contributed by atoms with Gasteiger partial charge in [-0.1, -0.05) is 53.7 Å². The van der Waals surface area contributed by atoms with Gasteiger partial charge in [0.15, 0.2) is 5.17 Å². The van der Waals surface area contributed by atoms with Crippen LogP contribution in [0.1, 0.15) is 5.56 Å². The second-order valence-corrected chi connectivity index (χ2v) is 8.51. The van der Waals surface area contributed by atoms with Crippen LogP contribution in [-0.4, -0.2) is 29.8 Å². The lowest BCUT2D eigenvalue weighted by Gasteiger charge is -2.18. The molecule has 0 aliphatic carbocycles. The Kier molecular flexibility index (Phi) is 7.30. The number of anilines is 2. The lowest BCUT2D eigenvalue weighted by Crippen LogP contribution is -2.31. The minimum Gasteiger partial charge on any atom is -0.495 e. The Morgan fingerprint density at radius 1 is 1.15 bits per heavy atom. The van der Waals surface area contributed by atoms with Gasteiger partial charge in [-0.15, -0.1) is 0 Å². The van der Waals surface area contributed by atoms with E-state index < -0.39 is 5.82 Å². The predicted octanol–water partition coefficient (Wildman–Crippen LogP) is 5.60. The maximum Gasteiger partial charge on any atom is 0.283 e. The van der Waals surface area contributed by atoms with Crippen molar-refractivity contribution < 1.29 is 18.7 Å². The molecule has 0 radical (unpaired) electrons. The molecule has 0 spiro atoms. The van der Waals surface area contributed by atoms with E-state index in [1.165, 1.54) is 36.3 Å². The van der Waals surface area contributed by atoms with E-state index in [1.807, 2.05) is 30.3 Å². The maximum absolute atomic E-state index is 13.5. The number of amidine groups is 1. The molecule has 34 heavy (non-hydrogen) atoms. The number of hydrogen-bond donors (Lipinski definition) is 1. The zero-order valence-electron chi connectivity index (χ0n) is 18.0. The zero-order chi connectivity index (χ0) is 24.1. The van der Waals surface area contributed by atoms with E-state index >= 15 is 0 Å². The van der Waals surface area contributed by atoms with Gasteiger partial charge in [-0.2, -0.15) is 0 Å². The van der Waals surface area contributed by atoms with Crippen LogP contribution < -0.4 is 15.0 Å². The summed E-state index contributed by atoms with van der Waals surface area (Å²) in [6.45, 7) is 0. The number of halogens is 2. The molecule has 1 N–H and O–H groups in total. The SMILES string of the molecule is COc1ccc(Cl)cc1NC(=O)CSC1=N/C(=C\c2ccccc2)C(=O)N1c1ccc(F)cc1. The van der Waals surface area contributed by atoms with Crippen molar-refractivity contribution in [2.45, 2.75) is 0 Å². The van der Waals surface area contributed by atoms with Crippen LogP contribution in [0.5, 0.6) is 5.75 Å². The number of rotatable bonds is 6. The summed E-state index contributed by atoms with van der Waals surface area (Å²) in [5.74, 6) is -0.679. The largest absolute Gasteiger partial charge is 0.495 e. The summed E-state index contributed by atoms with van der Waals surface area (Å²) in [4.78, 5) is 31.6. The number of carbonyl (C=O) groups excluding carboxylic acids is 2. The standard InChI is InChI=1S/C25H19ClFN3O3S/c1-33-22-12-7-17(26)14-20(22)28-23(31)15-34-25-29-21(13-16-5-3-2-4-6-16)24(32)30(25)19-10-8-18(27)9-11-19/h2-14H,15H2,1H3,(H,28,31)/b21-13-. The van der Waals surface area contributed by atoms with Crippen molar-refractivity contribution in [3.05, 3.63) is 94.9 Å². The van der Waals surface area contributed by atoms with Crippen LogP contribution in [-0.2, 0) is 9.59 Å². The topological polar surface area (TPSA) is 71.0 Å². The fraction of sp³-hybridized carbons (Fsp3) is 0.0800. The summed E-state index contributed by atoms with van der Waals surface area (Å²) < 4.78 is 18.7. The lowest BCUT2D eigenvalue weighted by molar-refractivity contribution is -0.114. The summed E-state index contributed by atoms with van der Waals surface area (Å²) in [7, 11) is 1.49. The van der Waals surface area contributed by atoms with Gasteiger partial charge in [-0.3, -0.25) is 14.5 Å². The molecule has 0 unspecified atom stereocenters. The van der Waals surface area contributed by atoms with Crippen LogP contribution in [0.4, 0.5) is 15.8 Å². The highest BCUT2D eigenvalue weighted by Gasteiger charge is 2.32. The molecule has 0 fully saturated rings. The molecule has 0 bridgehead atoms. The molecule has 1 heterocycles. The van der Waals surface area contributed by atoms with Gasteiger partial charge >= 0.3 is 0 Å². The van der Waals surface area contributed by atoms with E-state index in [2.05, 4.69) is 10.3 Å². The molecule has 6 nitrogen and oxygen atoms in total. The number of carbonyl (C=O) groups is 2. The van der Waals surface area contributed by atoms with Crippen LogP contribution in [0.15, 0.2) is 83.5 Å². The monoisotopic (exact) mass is 495 g/mol. The third kappa shape index (κ3) is 5.47. The fourth-order valence-electron chi connectivity index (χ4n) is 3.21. The first-order chi connectivity index (χ1) is 16.4. The molecule has 1 aliphatic heterocycles. The van der Waals surface area contributed by atoms with Crippen LogP contribution in [0, 0.1) is 5.82 Å². The minimum absolute atomic E-state index is 0.0297. The first-order valence-corrected chi connectivity index (χ1v) is 11.5. The Bertz CT molecular complexity index is 1280. The Hall–Kier alpha value is -3.62. The molecule has 172 valence electrons. The molecule has 2 amide bonds. The van der Waals surface area contributed by atoms with Crippen molar-refractivity contribution >= 4 is 57.8 Å². The van der Waals surface area contributed by atoms with Crippen molar-refractivity contribution in [2.75, 3.05) is 23.1 Å². The van der Waals surface area contributed by atoms with Crippen LogP contribution in [0.25, 0.3) is 6.08 Å². The van der Waals surface area contributed by atoms with E-state index in [1.54, 1.807) is 24.3 Å². The summed E-state index contributed by atoms with van der Waals surface area (Å²) in [5, 5.41) is 3.52. The Balaban J connectivity index is 1.56. The smallest absolute Gasteiger partial charge is 0.283 e. The molecular weight excluding hydrogens is 477 g/mol. The Morgan fingerprint density at radius 3 is 2.59 bits per heavy atom. The number of nitrogens with one attached hydrogen (secondary N) is 1.